The molecule has 140 valence electrons. The summed E-state index contributed by atoms with van der Waals surface area (Å²) < 4.78 is 26.4. The summed E-state index contributed by atoms with van der Waals surface area (Å²) in [5.41, 5.74) is 2.02. The van der Waals surface area contributed by atoms with Gasteiger partial charge in [0, 0.05) is 23.2 Å². The van der Waals surface area contributed by atoms with E-state index in [0.717, 1.165) is 30.5 Å². The quantitative estimate of drug-likeness (QED) is 0.443. The molecule has 1 aliphatic carbocycles. The Hall–Kier alpha value is -2.47. The summed E-state index contributed by atoms with van der Waals surface area (Å²) in [6.07, 6.45) is 13.5. The normalized spacial score (nSPS) is 19.7. The predicted octanol–water partition coefficient (Wildman–Crippen LogP) is 6.54. The van der Waals surface area contributed by atoms with Gasteiger partial charge in [-0.25, -0.2) is 8.78 Å². The predicted molar refractivity (Wildman–Crippen MR) is 106 cm³/mol. The maximum Gasteiger partial charge on any atom is 0.159 e. The number of allylic oxidation sites excluding steroid dienone is 2. The largest absolute Gasteiger partial charge is 0.255 e. The van der Waals surface area contributed by atoms with Crippen LogP contribution >= 0.6 is 0 Å². The molecule has 1 nitrogen and oxygen atoms in total. The third-order valence-corrected chi connectivity index (χ3v) is 5.03. The van der Waals surface area contributed by atoms with E-state index in [1.165, 1.54) is 31.7 Å². The van der Waals surface area contributed by atoms with Gasteiger partial charge in [-0.3, -0.25) is 4.98 Å². The minimum absolute atomic E-state index is 0.451. The molecule has 1 aromatic heterocycles. The highest BCUT2D eigenvalue weighted by Crippen LogP contribution is 2.29. The van der Waals surface area contributed by atoms with Gasteiger partial charge in [-0.05, 0) is 68.4 Å². The van der Waals surface area contributed by atoms with Gasteiger partial charge in [-0.2, -0.15) is 0 Å². The molecule has 3 heteroatoms. The van der Waals surface area contributed by atoms with E-state index in [1.54, 1.807) is 12.3 Å². The number of aromatic nitrogens is 1. The molecule has 0 radical (unpaired) electrons. The van der Waals surface area contributed by atoms with Crippen molar-refractivity contribution >= 4 is 0 Å². The van der Waals surface area contributed by atoms with Crippen LogP contribution in [-0.4, -0.2) is 4.98 Å². The SMILES string of the molecule is CCC/C=C/[C@H]1CC[C@H](C#Cc2ccc(-c3ccc(F)c(F)c3)nc2)CC1. The molecule has 27 heavy (non-hydrogen) atoms. The van der Waals surface area contributed by atoms with E-state index in [-0.39, 0.29) is 0 Å². The van der Waals surface area contributed by atoms with E-state index >= 15 is 0 Å². The van der Waals surface area contributed by atoms with Crippen LogP contribution < -0.4 is 0 Å². The van der Waals surface area contributed by atoms with Crippen LogP contribution in [0.4, 0.5) is 8.78 Å². The van der Waals surface area contributed by atoms with Gasteiger partial charge in [0.25, 0.3) is 0 Å². The Morgan fingerprint density at radius 2 is 1.89 bits per heavy atom. The summed E-state index contributed by atoms with van der Waals surface area (Å²) >= 11 is 0. The van der Waals surface area contributed by atoms with E-state index in [1.807, 2.05) is 6.07 Å². The molecule has 0 spiro atoms. The fourth-order valence-corrected chi connectivity index (χ4v) is 3.39. The molecule has 0 amide bonds. The number of halogens is 2. The van der Waals surface area contributed by atoms with Crippen molar-refractivity contribution in [2.45, 2.75) is 45.4 Å². The van der Waals surface area contributed by atoms with Crippen LogP contribution in [0, 0.1) is 35.3 Å². The van der Waals surface area contributed by atoms with Crippen LogP contribution in [0.5, 0.6) is 0 Å². The summed E-state index contributed by atoms with van der Waals surface area (Å²) in [5, 5.41) is 0. The number of rotatable bonds is 4. The lowest BCUT2D eigenvalue weighted by atomic mass is 9.82. The zero-order valence-electron chi connectivity index (χ0n) is 15.7. The second-order valence-electron chi connectivity index (χ2n) is 7.16. The molecule has 1 fully saturated rings. The molecular weight excluding hydrogens is 340 g/mol. The van der Waals surface area contributed by atoms with Gasteiger partial charge >= 0.3 is 0 Å². The van der Waals surface area contributed by atoms with Crippen molar-refractivity contribution in [1.29, 1.82) is 0 Å². The second kappa shape index (κ2) is 9.46. The number of benzene rings is 1. The van der Waals surface area contributed by atoms with Gasteiger partial charge < -0.3 is 0 Å². The molecule has 0 bridgehead atoms. The fraction of sp³-hybridized carbons (Fsp3) is 0.375. The third kappa shape index (κ3) is 5.50. The van der Waals surface area contributed by atoms with Gasteiger partial charge in [0.1, 0.15) is 0 Å². The first-order chi connectivity index (χ1) is 13.2. The molecule has 1 heterocycles. The molecule has 2 aromatic rings. The standard InChI is InChI=1S/C24H25F2N/c1-2-3-4-5-18-6-8-19(9-7-18)10-11-20-12-15-24(27-17-20)21-13-14-22(25)23(26)16-21/h4-5,12-19H,2-3,6-9H2,1H3/b5-4+/t18-,19-. The van der Waals surface area contributed by atoms with E-state index in [4.69, 9.17) is 0 Å². The highest BCUT2D eigenvalue weighted by atomic mass is 19.2. The van der Waals surface area contributed by atoms with Crippen LogP contribution in [0.2, 0.25) is 0 Å². The molecule has 0 atom stereocenters. The minimum atomic E-state index is -0.863. The molecule has 0 saturated heterocycles. The summed E-state index contributed by atoms with van der Waals surface area (Å²) in [5.74, 6) is 6.05. The minimum Gasteiger partial charge on any atom is -0.255 e. The van der Waals surface area contributed by atoms with Crippen LogP contribution in [0.1, 0.15) is 51.0 Å². The Morgan fingerprint density at radius 1 is 1.07 bits per heavy atom. The van der Waals surface area contributed by atoms with Gasteiger partial charge in [-0.15, -0.1) is 0 Å². The topological polar surface area (TPSA) is 12.9 Å². The van der Waals surface area contributed by atoms with Crippen LogP contribution in [-0.2, 0) is 0 Å². The number of hydrogen-bond donors (Lipinski definition) is 0. The summed E-state index contributed by atoms with van der Waals surface area (Å²) in [6, 6.07) is 7.49. The zero-order chi connectivity index (χ0) is 19.1. The van der Waals surface area contributed by atoms with Gasteiger partial charge in [-0.1, -0.05) is 37.3 Å². The van der Waals surface area contributed by atoms with E-state index < -0.39 is 11.6 Å². The first-order valence-electron chi connectivity index (χ1n) is 9.75. The Bertz CT molecular complexity index is 835. The number of pyridine rings is 1. The third-order valence-electron chi connectivity index (χ3n) is 5.03. The van der Waals surface area contributed by atoms with E-state index in [0.29, 0.717) is 23.1 Å². The average Bonchev–Trinajstić information content (AvgIpc) is 2.70. The Morgan fingerprint density at radius 3 is 2.56 bits per heavy atom. The lowest BCUT2D eigenvalue weighted by molar-refractivity contribution is 0.364. The summed E-state index contributed by atoms with van der Waals surface area (Å²) in [4.78, 5) is 4.34. The highest BCUT2D eigenvalue weighted by Gasteiger charge is 2.17. The van der Waals surface area contributed by atoms with E-state index in [2.05, 4.69) is 35.9 Å². The smallest absolute Gasteiger partial charge is 0.159 e. The molecule has 3 rings (SSSR count). The maximum absolute atomic E-state index is 13.4. The maximum atomic E-state index is 13.4. The summed E-state index contributed by atoms with van der Waals surface area (Å²) in [6.45, 7) is 2.20. The van der Waals surface area contributed by atoms with E-state index in [9.17, 15) is 8.78 Å². The monoisotopic (exact) mass is 365 g/mol. The Balaban J connectivity index is 1.57. The number of unbranched alkanes of at least 4 members (excludes halogenated alkanes) is 1. The van der Waals surface area contributed by atoms with Crippen molar-refractivity contribution in [1.82, 2.24) is 4.98 Å². The molecular formula is C24H25F2N. The first-order valence-corrected chi connectivity index (χ1v) is 9.75. The zero-order valence-corrected chi connectivity index (χ0v) is 15.7. The second-order valence-corrected chi connectivity index (χ2v) is 7.16. The average molecular weight is 365 g/mol. The lowest BCUT2D eigenvalue weighted by Crippen LogP contribution is -2.11. The molecule has 0 N–H and O–H groups in total. The van der Waals surface area contributed by atoms with Gasteiger partial charge in [0.2, 0.25) is 0 Å². The Kier molecular flexibility index (Phi) is 6.76. The first kappa shape index (κ1) is 19.3. The molecule has 1 saturated carbocycles. The van der Waals surface area contributed by atoms with Crippen molar-refractivity contribution < 1.29 is 8.78 Å². The summed E-state index contributed by atoms with van der Waals surface area (Å²) in [7, 11) is 0. The van der Waals surface area contributed by atoms with Crippen molar-refractivity contribution in [3.05, 3.63) is 65.9 Å². The number of hydrogen-bond acceptors (Lipinski definition) is 1. The molecule has 0 unspecified atom stereocenters. The Labute approximate surface area is 160 Å². The van der Waals surface area contributed by atoms with Crippen LogP contribution in [0.15, 0.2) is 48.7 Å². The molecule has 0 aliphatic heterocycles. The van der Waals surface area contributed by atoms with Gasteiger partial charge in [0.15, 0.2) is 11.6 Å². The molecule has 1 aliphatic rings. The number of nitrogens with zero attached hydrogens (tertiary/aromatic N) is 1. The molecule has 1 aromatic carbocycles. The lowest BCUT2D eigenvalue weighted by Gasteiger charge is -2.23. The van der Waals surface area contributed by atoms with Crippen LogP contribution in [0.3, 0.4) is 0 Å². The van der Waals surface area contributed by atoms with Crippen molar-refractivity contribution in [2.24, 2.45) is 11.8 Å². The van der Waals surface area contributed by atoms with Crippen molar-refractivity contribution in [3.8, 4) is 23.1 Å². The van der Waals surface area contributed by atoms with Crippen LogP contribution in [0.25, 0.3) is 11.3 Å². The highest BCUT2D eigenvalue weighted by molar-refractivity contribution is 5.59. The fourth-order valence-electron chi connectivity index (χ4n) is 3.39. The van der Waals surface area contributed by atoms with Crippen molar-refractivity contribution in [2.75, 3.05) is 0 Å². The van der Waals surface area contributed by atoms with Crippen molar-refractivity contribution in [3.63, 3.8) is 0 Å². The van der Waals surface area contributed by atoms with Gasteiger partial charge in [0.05, 0.1) is 5.69 Å².